The van der Waals surface area contributed by atoms with Gasteiger partial charge in [-0.3, -0.25) is 4.79 Å². The van der Waals surface area contributed by atoms with E-state index >= 15 is 0 Å². The van der Waals surface area contributed by atoms with E-state index in [2.05, 4.69) is 17.1 Å². The van der Waals surface area contributed by atoms with Gasteiger partial charge in [-0.25, -0.2) is 13.9 Å². The number of hydrogen-bond donors (Lipinski definition) is 2. The molecule has 2 unspecified atom stereocenters. The lowest BCUT2D eigenvalue weighted by atomic mass is 9.93. The Morgan fingerprint density at radius 1 is 1.20 bits per heavy atom. The number of halogens is 1. The number of rotatable bonds is 3. The lowest BCUT2D eigenvalue weighted by Gasteiger charge is -2.37. The number of anilines is 2. The molecule has 3 aliphatic heterocycles. The van der Waals surface area contributed by atoms with Gasteiger partial charge in [-0.2, -0.15) is 5.10 Å². The molecule has 9 heteroatoms. The molecule has 5 heterocycles. The van der Waals surface area contributed by atoms with Gasteiger partial charge in [-0.05, 0) is 56.4 Å². The second-order valence-electron chi connectivity index (χ2n) is 10.3. The van der Waals surface area contributed by atoms with Crippen LogP contribution in [0.2, 0.25) is 0 Å². The predicted molar refractivity (Wildman–Crippen MR) is 133 cm³/mol. The first kappa shape index (κ1) is 22.3. The summed E-state index contributed by atoms with van der Waals surface area (Å²) in [5.41, 5.74) is 10.5. The van der Waals surface area contributed by atoms with Crippen molar-refractivity contribution in [3.05, 3.63) is 53.1 Å². The number of hydrogen-bond acceptors (Lipinski definition) is 6. The first-order chi connectivity index (χ1) is 16.9. The van der Waals surface area contributed by atoms with Gasteiger partial charge < -0.3 is 20.9 Å². The van der Waals surface area contributed by atoms with Gasteiger partial charge >= 0.3 is 0 Å². The van der Waals surface area contributed by atoms with Crippen LogP contribution in [0.15, 0.2) is 30.5 Å². The summed E-state index contributed by atoms with van der Waals surface area (Å²) in [6, 6.07) is 6.39. The van der Waals surface area contributed by atoms with E-state index in [-0.39, 0.29) is 29.7 Å². The third kappa shape index (κ3) is 3.82. The summed E-state index contributed by atoms with van der Waals surface area (Å²) in [4.78, 5) is 22.9. The highest BCUT2D eigenvalue weighted by Gasteiger charge is 2.40. The van der Waals surface area contributed by atoms with E-state index in [0.29, 0.717) is 6.54 Å². The van der Waals surface area contributed by atoms with Crippen LogP contribution in [0, 0.1) is 12.7 Å². The molecule has 3 aliphatic rings. The molecular weight excluding hydrogens is 445 g/mol. The highest BCUT2D eigenvalue weighted by atomic mass is 19.1. The zero-order valence-electron chi connectivity index (χ0n) is 20.2. The number of nitrogens with two attached hydrogens (primary N) is 1. The molecule has 2 fully saturated rings. The first-order valence-corrected chi connectivity index (χ1v) is 12.6. The molecule has 8 nitrogen and oxygen atoms in total. The Hall–Kier alpha value is -3.20. The lowest BCUT2D eigenvalue weighted by molar-refractivity contribution is -0.136. The summed E-state index contributed by atoms with van der Waals surface area (Å²) >= 11 is 0. The van der Waals surface area contributed by atoms with Gasteiger partial charge in [0.1, 0.15) is 17.7 Å². The third-order valence-electron chi connectivity index (χ3n) is 7.86. The van der Waals surface area contributed by atoms with Gasteiger partial charge in [0.15, 0.2) is 5.65 Å². The molecule has 6 rings (SSSR count). The average molecular weight is 478 g/mol. The van der Waals surface area contributed by atoms with Crippen LogP contribution in [0.3, 0.4) is 0 Å². The number of benzene rings is 1. The lowest BCUT2D eigenvalue weighted by Crippen LogP contribution is -2.47. The Balaban J connectivity index is 1.28. The molecule has 0 spiro atoms. The number of likely N-dealkylation sites (tertiary alicyclic amines) is 1. The van der Waals surface area contributed by atoms with Gasteiger partial charge in [-0.15, -0.1) is 0 Å². The van der Waals surface area contributed by atoms with Crippen LogP contribution in [-0.4, -0.2) is 57.1 Å². The van der Waals surface area contributed by atoms with E-state index in [4.69, 9.17) is 15.8 Å². The summed E-state index contributed by atoms with van der Waals surface area (Å²) in [5.74, 6) is 0.633. The quantitative estimate of drug-likeness (QED) is 0.601. The fourth-order valence-corrected chi connectivity index (χ4v) is 5.95. The van der Waals surface area contributed by atoms with Gasteiger partial charge in [-0.1, -0.05) is 6.92 Å². The van der Waals surface area contributed by atoms with Crippen molar-refractivity contribution >= 4 is 23.1 Å². The second kappa shape index (κ2) is 8.48. The van der Waals surface area contributed by atoms with Crippen LogP contribution in [-0.2, 0) is 4.79 Å². The highest BCUT2D eigenvalue weighted by Crippen LogP contribution is 2.39. The standard InChI is InChI=1S/C26H32FN7O/c1-15-13-34-23(30-25(15)32-10-8-18(28)14-32)12-21(31-34)22-5-3-4-9-33(22)26(35)24-16(2)19-11-17(27)6-7-20(19)29-24/h6-7,11-13,16,18,22,24,29H,3-5,8-10,14,28H2,1-2H3/t16?,18-,22-,24?/m0/s1. The van der Waals surface area contributed by atoms with Gasteiger partial charge in [0.25, 0.3) is 0 Å². The van der Waals surface area contributed by atoms with E-state index in [9.17, 15) is 9.18 Å². The Bertz CT molecular complexity index is 1290. The van der Waals surface area contributed by atoms with E-state index < -0.39 is 6.04 Å². The van der Waals surface area contributed by atoms with Crippen molar-refractivity contribution in [1.82, 2.24) is 19.5 Å². The Morgan fingerprint density at radius 3 is 2.86 bits per heavy atom. The minimum atomic E-state index is -0.407. The molecular formula is C26H32FN7O. The van der Waals surface area contributed by atoms with Crippen molar-refractivity contribution in [2.45, 2.75) is 63.6 Å². The molecule has 3 aromatic rings. The smallest absolute Gasteiger partial charge is 0.246 e. The van der Waals surface area contributed by atoms with Crippen LogP contribution in [0.25, 0.3) is 5.65 Å². The van der Waals surface area contributed by atoms with Crippen molar-refractivity contribution in [3.63, 3.8) is 0 Å². The van der Waals surface area contributed by atoms with Crippen LogP contribution >= 0.6 is 0 Å². The Morgan fingerprint density at radius 2 is 2.06 bits per heavy atom. The Labute approximate surface area is 204 Å². The largest absolute Gasteiger partial charge is 0.373 e. The minimum Gasteiger partial charge on any atom is -0.373 e. The normalized spacial score (nSPS) is 26.3. The van der Waals surface area contributed by atoms with E-state index in [1.54, 1.807) is 6.07 Å². The molecule has 2 saturated heterocycles. The Kier molecular flexibility index (Phi) is 5.40. The molecule has 0 aliphatic carbocycles. The van der Waals surface area contributed by atoms with Crippen molar-refractivity contribution in [2.24, 2.45) is 5.73 Å². The zero-order valence-corrected chi connectivity index (χ0v) is 20.2. The van der Waals surface area contributed by atoms with Crippen molar-refractivity contribution in [3.8, 4) is 0 Å². The molecule has 1 aromatic carbocycles. The maximum atomic E-state index is 13.8. The van der Waals surface area contributed by atoms with E-state index in [0.717, 1.165) is 72.7 Å². The summed E-state index contributed by atoms with van der Waals surface area (Å²) in [6.07, 6.45) is 5.87. The number of piperidine rings is 1. The molecule has 0 radical (unpaired) electrons. The number of carbonyl (C=O) groups is 1. The number of aromatic nitrogens is 3. The molecule has 3 N–H and O–H groups in total. The number of nitrogens with zero attached hydrogens (tertiary/aromatic N) is 5. The molecule has 0 saturated carbocycles. The number of fused-ring (bicyclic) bond motifs is 2. The molecule has 2 aromatic heterocycles. The number of aryl methyl sites for hydroxylation is 1. The molecule has 35 heavy (non-hydrogen) atoms. The van der Waals surface area contributed by atoms with Crippen LogP contribution in [0.1, 0.15) is 61.4 Å². The van der Waals surface area contributed by atoms with Gasteiger partial charge in [0.05, 0.1) is 11.7 Å². The molecule has 4 atom stereocenters. The summed E-state index contributed by atoms with van der Waals surface area (Å²) in [7, 11) is 0. The van der Waals surface area contributed by atoms with Gasteiger partial charge in [0.2, 0.25) is 5.91 Å². The predicted octanol–water partition coefficient (Wildman–Crippen LogP) is 3.37. The third-order valence-corrected chi connectivity index (χ3v) is 7.86. The van der Waals surface area contributed by atoms with E-state index in [1.807, 2.05) is 28.6 Å². The van der Waals surface area contributed by atoms with E-state index in [1.165, 1.54) is 12.1 Å². The second-order valence-corrected chi connectivity index (χ2v) is 10.3. The molecule has 0 bridgehead atoms. The number of amides is 1. The highest BCUT2D eigenvalue weighted by molar-refractivity contribution is 5.89. The van der Waals surface area contributed by atoms with Crippen molar-refractivity contribution < 1.29 is 9.18 Å². The minimum absolute atomic E-state index is 0.0479. The number of nitrogens with one attached hydrogen (secondary N) is 1. The SMILES string of the molecule is Cc1cn2nc([C@@H]3CCCCN3C(=O)C3Nc4ccc(F)cc4C3C)cc2nc1N1CC[C@H](N)C1. The maximum Gasteiger partial charge on any atom is 0.246 e. The zero-order chi connectivity index (χ0) is 24.3. The average Bonchev–Trinajstić information content (AvgIpc) is 3.55. The summed E-state index contributed by atoms with van der Waals surface area (Å²) in [6.45, 7) is 6.46. The monoisotopic (exact) mass is 477 g/mol. The number of carbonyl (C=O) groups excluding carboxylic acids is 1. The molecule has 1 amide bonds. The fraction of sp³-hybridized carbons (Fsp3) is 0.500. The fourth-order valence-electron chi connectivity index (χ4n) is 5.95. The summed E-state index contributed by atoms with van der Waals surface area (Å²) < 4.78 is 15.7. The van der Waals surface area contributed by atoms with Crippen molar-refractivity contribution in [1.29, 1.82) is 0 Å². The topological polar surface area (TPSA) is 91.8 Å². The molecule has 184 valence electrons. The van der Waals surface area contributed by atoms with Crippen LogP contribution < -0.4 is 16.0 Å². The van der Waals surface area contributed by atoms with Crippen LogP contribution in [0.5, 0.6) is 0 Å². The maximum absolute atomic E-state index is 13.8. The summed E-state index contributed by atoms with van der Waals surface area (Å²) in [5, 5.41) is 8.20. The van der Waals surface area contributed by atoms with Crippen molar-refractivity contribution in [2.75, 3.05) is 29.9 Å². The first-order valence-electron chi connectivity index (χ1n) is 12.6. The van der Waals surface area contributed by atoms with Crippen LogP contribution in [0.4, 0.5) is 15.9 Å². The van der Waals surface area contributed by atoms with Gasteiger partial charge in [0, 0.05) is 55.1 Å².